The normalized spacial score (nSPS) is 19.6. The number of nitrogens with zero attached hydrogens (tertiary/aromatic N) is 2. The molecule has 1 heterocycles. The largest absolute Gasteiger partial charge is 0.348 e. The van der Waals surface area contributed by atoms with Crippen LogP contribution in [0.25, 0.3) is 0 Å². The monoisotopic (exact) mass is 206 g/mol. The van der Waals surface area contributed by atoms with Gasteiger partial charge < -0.3 is 4.90 Å². The molecule has 1 aliphatic heterocycles. The lowest BCUT2D eigenvalue weighted by Crippen LogP contribution is -2.55. The van der Waals surface area contributed by atoms with Crippen molar-refractivity contribution in [3.63, 3.8) is 0 Å². The molecular weight excluding hydrogens is 192 g/mol. The summed E-state index contributed by atoms with van der Waals surface area (Å²) in [4.78, 5) is 12.8. The highest BCUT2D eigenvalue weighted by Crippen LogP contribution is 2.19. The minimum Gasteiger partial charge on any atom is -0.348 e. The van der Waals surface area contributed by atoms with Crippen molar-refractivity contribution in [1.82, 2.24) is 9.21 Å². The highest BCUT2D eigenvalue weighted by Gasteiger charge is 2.38. The Labute approximate surface area is 78.4 Å². The minimum absolute atomic E-state index is 0.0000926. The molecule has 1 rings (SSSR count). The highest BCUT2D eigenvalue weighted by molar-refractivity contribution is 7.88. The lowest BCUT2D eigenvalue weighted by atomic mass is 10.0. The quantitative estimate of drug-likeness (QED) is 0.580. The number of carbonyl (C=O) groups is 1. The van der Waals surface area contributed by atoms with Gasteiger partial charge in [0.15, 0.2) is 0 Å². The van der Waals surface area contributed by atoms with Crippen LogP contribution in [0.4, 0.5) is 0 Å². The summed E-state index contributed by atoms with van der Waals surface area (Å²) < 4.78 is 23.2. The maximum absolute atomic E-state index is 11.3. The Morgan fingerprint density at radius 1 is 1.38 bits per heavy atom. The van der Waals surface area contributed by atoms with Gasteiger partial charge in [0, 0.05) is 27.2 Å². The molecule has 0 aromatic heterocycles. The fourth-order valence-corrected chi connectivity index (χ4v) is 2.13. The number of hydrogen-bond acceptors (Lipinski definition) is 3. The van der Waals surface area contributed by atoms with Crippen LogP contribution in [0.15, 0.2) is 0 Å². The summed E-state index contributed by atoms with van der Waals surface area (Å²) in [6.45, 7) is 0.658. The van der Waals surface area contributed by atoms with E-state index in [0.29, 0.717) is 13.1 Å². The molecule has 1 amide bonds. The zero-order valence-electron chi connectivity index (χ0n) is 8.02. The summed E-state index contributed by atoms with van der Waals surface area (Å²) in [6, 6.07) is 0. The van der Waals surface area contributed by atoms with Gasteiger partial charge in [0.1, 0.15) is 0 Å². The molecule has 1 aliphatic rings. The highest BCUT2D eigenvalue weighted by atomic mass is 32.2. The summed E-state index contributed by atoms with van der Waals surface area (Å²) >= 11 is 0. The molecule has 0 unspecified atom stereocenters. The molecule has 1 fully saturated rings. The lowest BCUT2D eigenvalue weighted by molar-refractivity contribution is -0.136. The van der Waals surface area contributed by atoms with Crippen molar-refractivity contribution in [1.29, 1.82) is 0 Å². The number of sulfonamides is 1. The van der Waals surface area contributed by atoms with Crippen LogP contribution < -0.4 is 0 Å². The van der Waals surface area contributed by atoms with Crippen LogP contribution in [-0.2, 0) is 14.8 Å². The van der Waals surface area contributed by atoms with Gasteiger partial charge in [-0.25, -0.2) is 12.7 Å². The topological polar surface area (TPSA) is 57.7 Å². The van der Waals surface area contributed by atoms with Gasteiger partial charge in [0.05, 0.1) is 12.2 Å². The van der Waals surface area contributed by atoms with Gasteiger partial charge in [-0.15, -0.1) is 0 Å². The first kappa shape index (κ1) is 10.5. The van der Waals surface area contributed by atoms with Crippen molar-refractivity contribution in [3.05, 3.63) is 0 Å². The number of hydrogen-bond donors (Lipinski definition) is 0. The van der Waals surface area contributed by atoms with E-state index in [1.807, 2.05) is 0 Å². The summed E-state index contributed by atoms with van der Waals surface area (Å²) in [5.41, 5.74) is 0. The van der Waals surface area contributed by atoms with Crippen LogP contribution in [0.2, 0.25) is 0 Å². The third kappa shape index (κ3) is 2.19. The smallest absolute Gasteiger partial charge is 0.227 e. The first-order valence-corrected chi connectivity index (χ1v) is 5.83. The molecule has 0 spiro atoms. The van der Waals surface area contributed by atoms with E-state index in [2.05, 4.69) is 0 Å². The maximum Gasteiger partial charge on any atom is 0.227 e. The second-order valence-electron chi connectivity index (χ2n) is 3.51. The Bertz CT molecular complexity index is 304. The zero-order chi connectivity index (χ0) is 10.2. The van der Waals surface area contributed by atoms with Crippen molar-refractivity contribution < 1.29 is 13.2 Å². The summed E-state index contributed by atoms with van der Waals surface area (Å²) in [7, 11) is 0.248. The molecular formula is C7H14N2O3S. The Morgan fingerprint density at radius 3 is 2.15 bits per heavy atom. The van der Waals surface area contributed by atoms with E-state index < -0.39 is 10.0 Å². The van der Waals surface area contributed by atoms with Crippen LogP contribution in [0.5, 0.6) is 0 Å². The first-order valence-electron chi connectivity index (χ1n) is 3.98. The molecule has 0 N–H and O–H groups in total. The second-order valence-corrected chi connectivity index (χ2v) is 5.49. The van der Waals surface area contributed by atoms with E-state index in [1.165, 1.54) is 9.21 Å². The molecule has 0 bridgehead atoms. The third-order valence-corrected chi connectivity index (χ3v) is 3.34. The van der Waals surface area contributed by atoms with Gasteiger partial charge in [-0.3, -0.25) is 4.79 Å². The summed E-state index contributed by atoms with van der Waals surface area (Å²) in [5.74, 6) is -0.148. The van der Waals surface area contributed by atoms with Gasteiger partial charge in [-0.2, -0.15) is 0 Å². The van der Waals surface area contributed by atoms with Crippen LogP contribution in [-0.4, -0.2) is 57.0 Å². The van der Waals surface area contributed by atoms with Crippen molar-refractivity contribution in [2.75, 3.05) is 33.4 Å². The average molecular weight is 206 g/mol. The number of carbonyl (C=O) groups excluding carboxylic acids is 1. The molecule has 0 aromatic rings. The second kappa shape index (κ2) is 3.26. The fourth-order valence-electron chi connectivity index (χ4n) is 1.23. The molecule has 6 heteroatoms. The molecule has 0 radical (unpaired) electrons. The molecule has 76 valence electrons. The van der Waals surface area contributed by atoms with Crippen molar-refractivity contribution in [3.8, 4) is 0 Å². The van der Waals surface area contributed by atoms with Gasteiger partial charge in [0.2, 0.25) is 15.9 Å². The van der Waals surface area contributed by atoms with Gasteiger partial charge in [0.25, 0.3) is 0 Å². The van der Waals surface area contributed by atoms with Crippen molar-refractivity contribution in [2.24, 2.45) is 5.92 Å². The molecule has 13 heavy (non-hydrogen) atoms. The lowest BCUT2D eigenvalue weighted by Gasteiger charge is -2.37. The van der Waals surface area contributed by atoms with E-state index in [9.17, 15) is 13.2 Å². The molecule has 0 saturated carbocycles. The van der Waals surface area contributed by atoms with E-state index in [0.717, 1.165) is 6.26 Å². The third-order valence-electron chi connectivity index (χ3n) is 2.11. The van der Waals surface area contributed by atoms with Crippen LogP contribution in [0.3, 0.4) is 0 Å². The molecule has 0 aliphatic carbocycles. The predicted octanol–water partition coefficient (Wildman–Crippen LogP) is -1.03. The van der Waals surface area contributed by atoms with E-state index >= 15 is 0 Å². The molecule has 0 atom stereocenters. The van der Waals surface area contributed by atoms with E-state index in [1.54, 1.807) is 14.1 Å². The minimum atomic E-state index is -3.10. The van der Waals surface area contributed by atoms with Gasteiger partial charge in [-0.1, -0.05) is 0 Å². The van der Waals surface area contributed by atoms with Gasteiger partial charge in [-0.05, 0) is 0 Å². The SMILES string of the molecule is CN(C)C(=O)C1CN(S(C)(=O)=O)C1. The Balaban J connectivity index is 2.47. The Kier molecular flexibility index (Phi) is 2.63. The zero-order valence-corrected chi connectivity index (χ0v) is 8.84. The standard InChI is InChI=1S/C7H14N2O3S/c1-8(2)7(10)6-4-9(5-6)13(3,11)12/h6H,4-5H2,1-3H3. The summed E-state index contributed by atoms with van der Waals surface area (Å²) in [5, 5.41) is 0. The van der Waals surface area contributed by atoms with Crippen LogP contribution in [0.1, 0.15) is 0 Å². The number of rotatable bonds is 2. The Hall–Kier alpha value is -0.620. The van der Waals surface area contributed by atoms with Crippen molar-refractivity contribution >= 4 is 15.9 Å². The van der Waals surface area contributed by atoms with Gasteiger partial charge >= 0.3 is 0 Å². The van der Waals surface area contributed by atoms with Crippen LogP contribution >= 0.6 is 0 Å². The first-order chi connectivity index (χ1) is 5.82. The molecule has 5 nitrogen and oxygen atoms in total. The predicted molar refractivity (Wildman–Crippen MR) is 48.6 cm³/mol. The summed E-state index contributed by atoms with van der Waals surface area (Å²) in [6.07, 6.45) is 1.16. The fraction of sp³-hybridized carbons (Fsp3) is 0.857. The van der Waals surface area contributed by atoms with E-state index in [4.69, 9.17) is 0 Å². The maximum atomic E-state index is 11.3. The molecule has 0 aromatic carbocycles. The number of amides is 1. The Morgan fingerprint density at radius 2 is 1.85 bits per heavy atom. The van der Waals surface area contributed by atoms with Crippen LogP contribution in [0, 0.1) is 5.92 Å². The molecule has 1 saturated heterocycles. The average Bonchev–Trinajstić information content (AvgIpc) is 1.79. The van der Waals surface area contributed by atoms with Crippen molar-refractivity contribution in [2.45, 2.75) is 0 Å². The van der Waals surface area contributed by atoms with E-state index in [-0.39, 0.29) is 11.8 Å².